The van der Waals surface area contributed by atoms with E-state index in [9.17, 15) is 9.59 Å². The number of benzene rings is 1. The topological polar surface area (TPSA) is 49.9 Å². The molecule has 1 aromatic heterocycles. The first-order valence-corrected chi connectivity index (χ1v) is 15.1. The van der Waals surface area contributed by atoms with Crippen molar-refractivity contribution in [2.75, 3.05) is 19.7 Å². The zero-order valence-electron chi connectivity index (χ0n) is 22.1. The van der Waals surface area contributed by atoms with Crippen molar-refractivity contribution in [1.82, 2.24) is 9.80 Å². The fourth-order valence-corrected chi connectivity index (χ4v) is 8.92. The highest BCUT2D eigenvalue weighted by atomic mass is 32.1. The van der Waals surface area contributed by atoms with E-state index in [4.69, 9.17) is 4.74 Å². The molecule has 1 unspecified atom stereocenters. The summed E-state index contributed by atoms with van der Waals surface area (Å²) in [5, 5.41) is 2.09. The number of aryl methyl sites for hydroxylation is 1. The number of nitrogens with zero attached hydrogens (tertiary/aromatic N) is 2. The maximum absolute atomic E-state index is 14.4. The Bertz CT molecular complexity index is 1070. The third kappa shape index (κ3) is 5.37. The molecule has 4 saturated carbocycles. The van der Waals surface area contributed by atoms with Crippen LogP contribution in [0, 0.1) is 30.1 Å². The highest BCUT2D eigenvalue weighted by molar-refractivity contribution is 7.10. The maximum Gasteiger partial charge on any atom is 0.242 e. The molecule has 2 amide bonds. The summed E-state index contributed by atoms with van der Waals surface area (Å²) in [5.41, 5.74) is 2.09. The van der Waals surface area contributed by atoms with E-state index >= 15 is 0 Å². The van der Waals surface area contributed by atoms with Gasteiger partial charge in [-0.15, -0.1) is 11.3 Å². The van der Waals surface area contributed by atoms with Gasteiger partial charge in [0.05, 0.1) is 24.6 Å². The Morgan fingerprint density at radius 2 is 1.68 bits per heavy atom. The lowest BCUT2D eigenvalue weighted by molar-refractivity contribution is -0.162. The van der Waals surface area contributed by atoms with Gasteiger partial charge in [-0.3, -0.25) is 9.59 Å². The zero-order valence-corrected chi connectivity index (χ0v) is 22.9. The second kappa shape index (κ2) is 10.5. The van der Waals surface area contributed by atoms with E-state index in [2.05, 4.69) is 30.5 Å². The molecule has 198 valence electrons. The van der Waals surface area contributed by atoms with Crippen molar-refractivity contribution in [2.45, 2.75) is 77.5 Å². The molecule has 2 heterocycles. The summed E-state index contributed by atoms with van der Waals surface area (Å²) in [4.78, 5) is 33.5. The van der Waals surface area contributed by atoms with Crippen LogP contribution in [0.4, 0.5) is 0 Å². The normalized spacial score (nSPS) is 30.0. The summed E-state index contributed by atoms with van der Waals surface area (Å²) in [5.74, 6) is 2.38. The van der Waals surface area contributed by atoms with Gasteiger partial charge in [-0.1, -0.05) is 30.3 Å². The number of carbonyl (C=O) groups is 2. The van der Waals surface area contributed by atoms with Crippen LogP contribution in [0.1, 0.15) is 67.4 Å². The third-order valence-electron chi connectivity index (χ3n) is 9.42. The molecule has 0 N–H and O–H groups in total. The van der Waals surface area contributed by atoms with Gasteiger partial charge in [0.2, 0.25) is 11.8 Å². The minimum absolute atomic E-state index is 0.0349. The lowest BCUT2D eigenvalue weighted by Gasteiger charge is -2.56. The fraction of sp³-hybridized carbons (Fsp3) is 0.613. The van der Waals surface area contributed by atoms with Gasteiger partial charge in [-0.2, -0.15) is 0 Å². The minimum atomic E-state index is -0.248. The Morgan fingerprint density at radius 1 is 0.973 bits per heavy atom. The second-order valence-electron chi connectivity index (χ2n) is 12.3. The number of carbonyl (C=O) groups excluding carboxylic acids is 2. The molecule has 5 aliphatic rings. The highest BCUT2D eigenvalue weighted by Gasteiger charge is 2.56. The van der Waals surface area contributed by atoms with Crippen molar-refractivity contribution in [3.05, 3.63) is 57.8 Å². The van der Waals surface area contributed by atoms with Gasteiger partial charge < -0.3 is 14.5 Å². The first kappa shape index (κ1) is 25.1. The van der Waals surface area contributed by atoms with E-state index < -0.39 is 0 Å². The van der Waals surface area contributed by atoms with Gasteiger partial charge in [-0.05, 0) is 98.6 Å². The lowest BCUT2D eigenvalue weighted by Crippen LogP contribution is -2.57. The van der Waals surface area contributed by atoms with Crippen LogP contribution in [0.25, 0.3) is 0 Å². The lowest BCUT2D eigenvalue weighted by atomic mass is 9.49. The Labute approximate surface area is 225 Å². The SMILES string of the molecule is Cc1ccsc1CN(Cc1ccccc1)C(=O)CN(CC1CCCO1)C(=O)C12CC3CC(CC(C3)C1)C2. The van der Waals surface area contributed by atoms with Crippen molar-refractivity contribution < 1.29 is 14.3 Å². The monoisotopic (exact) mass is 520 g/mol. The van der Waals surface area contributed by atoms with Gasteiger partial charge in [-0.25, -0.2) is 0 Å². The molecule has 5 nitrogen and oxygen atoms in total. The molecule has 6 heteroatoms. The number of thiophene rings is 1. The maximum atomic E-state index is 14.4. The number of hydrogen-bond donors (Lipinski definition) is 0. The standard InChI is InChI=1S/C31H40N2O3S/c1-22-9-11-37-28(22)20-32(18-23-6-3-2-4-7-23)29(34)21-33(19-27-8-5-10-36-27)30(35)31-15-24-12-25(16-31)14-26(13-24)17-31/h2-4,6-7,9,11,24-27H,5,8,10,12-21H2,1H3. The molecular weight excluding hydrogens is 480 g/mol. The van der Waals surface area contributed by atoms with Gasteiger partial charge >= 0.3 is 0 Å². The summed E-state index contributed by atoms with van der Waals surface area (Å²) in [6.07, 6.45) is 9.05. The zero-order chi connectivity index (χ0) is 25.4. The molecule has 1 aliphatic heterocycles. The van der Waals surface area contributed by atoms with Gasteiger partial charge in [0.1, 0.15) is 0 Å². The van der Waals surface area contributed by atoms with E-state index in [1.807, 2.05) is 28.0 Å². The van der Waals surface area contributed by atoms with E-state index in [1.165, 1.54) is 29.7 Å². The van der Waals surface area contributed by atoms with Gasteiger partial charge in [0, 0.05) is 24.6 Å². The molecule has 4 bridgehead atoms. The van der Waals surface area contributed by atoms with Crippen molar-refractivity contribution in [1.29, 1.82) is 0 Å². The predicted octanol–water partition coefficient (Wildman–Crippen LogP) is 5.81. The molecule has 7 rings (SSSR count). The second-order valence-corrected chi connectivity index (χ2v) is 13.3. The quantitative estimate of drug-likeness (QED) is 0.419. The van der Waals surface area contributed by atoms with Crippen molar-refractivity contribution in [2.24, 2.45) is 23.2 Å². The molecule has 1 saturated heterocycles. The summed E-state index contributed by atoms with van der Waals surface area (Å²) < 4.78 is 5.97. The third-order valence-corrected chi connectivity index (χ3v) is 10.4. The Balaban J connectivity index is 1.24. The van der Waals surface area contributed by atoms with E-state index in [1.54, 1.807) is 11.3 Å². The van der Waals surface area contributed by atoms with Crippen molar-refractivity contribution in [3.63, 3.8) is 0 Å². The first-order chi connectivity index (χ1) is 18.0. The van der Waals surface area contributed by atoms with Crippen LogP contribution < -0.4 is 0 Å². The number of rotatable bonds is 9. The van der Waals surface area contributed by atoms with Crippen molar-refractivity contribution in [3.8, 4) is 0 Å². The van der Waals surface area contributed by atoms with Crippen LogP contribution >= 0.6 is 11.3 Å². The van der Waals surface area contributed by atoms with Crippen molar-refractivity contribution >= 4 is 23.2 Å². The first-order valence-electron chi connectivity index (χ1n) is 14.2. The number of amides is 2. The van der Waals surface area contributed by atoms with E-state index in [0.29, 0.717) is 37.4 Å². The Morgan fingerprint density at radius 3 is 2.27 bits per heavy atom. The molecule has 2 aromatic rings. The smallest absolute Gasteiger partial charge is 0.242 e. The van der Waals surface area contributed by atoms with E-state index in [-0.39, 0.29) is 29.9 Å². The average Bonchev–Trinajstić information content (AvgIpc) is 3.54. The molecule has 0 radical (unpaired) electrons. The minimum Gasteiger partial charge on any atom is -0.376 e. The van der Waals surface area contributed by atoms with Crippen LogP contribution in [-0.4, -0.2) is 47.4 Å². The van der Waals surface area contributed by atoms with Crippen LogP contribution in [-0.2, 0) is 27.4 Å². The molecular formula is C31H40N2O3S. The number of hydrogen-bond acceptors (Lipinski definition) is 4. The summed E-state index contributed by atoms with van der Waals surface area (Å²) >= 11 is 1.70. The summed E-state index contributed by atoms with van der Waals surface area (Å²) in [7, 11) is 0. The van der Waals surface area contributed by atoms with Crippen LogP contribution in [0.2, 0.25) is 0 Å². The summed E-state index contributed by atoms with van der Waals surface area (Å²) in [6.45, 7) is 4.70. The van der Waals surface area contributed by atoms with Crippen LogP contribution in [0.5, 0.6) is 0 Å². The number of ether oxygens (including phenoxy) is 1. The van der Waals surface area contributed by atoms with Gasteiger partial charge in [0.25, 0.3) is 0 Å². The average molecular weight is 521 g/mol. The van der Waals surface area contributed by atoms with Crippen LogP contribution in [0.3, 0.4) is 0 Å². The Kier molecular flexibility index (Phi) is 7.15. The summed E-state index contributed by atoms with van der Waals surface area (Å²) in [6, 6.07) is 12.3. The predicted molar refractivity (Wildman–Crippen MR) is 146 cm³/mol. The molecule has 0 spiro atoms. The van der Waals surface area contributed by atoms with E-state index in [0.717, 1.165) is 44.3 Å². The molecule has 5 fully saturated rings. The Hall–Kier alpha value is -2.18. The largest absolute Gasteiger partial charge is 0.376 e. The molecule has 37 heavy (non-hydrogen) atoms. The molecule has 4 aliphatic carbocycles. The fourth-order valence-electron chi connectivity index (χ4n) is 8.00. The highest BCUT2D eigenvalue weighted by Crippen LogP contribution is 2.60. The molecule has 1 atom stereocenters. The molecule has 1 aromatic carbocycles. The van der Waals surface area contributed by atoms with Crippen LogP contribution in [0.15, 0.2) is 41.8 Å². The van der Waals surface area contributed by atoms with Gasteiger partial charge in [0.15, 0.2) is 0 Å².